The molecule has 4 nitrogen and oxygen atoms in total. The molecule has 0 aliphatic carbocycles. The number of hydrogen-bond acceptors (Lipinski definition) is 2. The Morgan fingerprint density at radius 2 is 1.25 bits per heavy atom. The van der Waals surface area contributed by atoms with Crippen LogP contribution in [0.15, 0.2) is 0 Å². The van der Waals surface area contributed by atoms with E-state index in [9.17, 15) is 9.59 Å². The van der Waals surface area contributed by atoms with Crippen molar-refractivity contribution in [3.8, 4) is 0 Å². The highest BCUT2D eigenvalue weighted by atomic mass is 16.2. The molecule has 0 aromatic heterocycles. The van der Waals surface area contributed by atoms with E-state index in [0.717, 1.165) is 12.8 Å². The van der Waals surface area contributed by atoms with Gasteiger partial charge in [0.2, 0.25) is 11.8 Å². The normalized spacial score (nSPS) is 29.2. The smallest absolute Gasteiger partial charge is 0.243 e. The quantitative estimate of drug-likeness (QED) is 0.753. The van der Waals surface area contributed by atoms with Gasteiger partial charge in [-0.1, -0.05) is 40.5 Å². The molecular formula is C12H22N2O2. The van der Waals surface area contributed by atoms with E-state index in [1.807, 2.05) is 27.7 Å². The van der Waals surface area contributed by atoms with E-state index in [0.29, 0.717) is 0 Å². The molecule has 1 aliphatic rings. The lowest BCUT2D eigenvalue weighted by Crippen LogP contribution is -2.65. The van der Waals surface area contributed by atoms with Gasteiger partial charge >= 0.3 is 0 Å². The molecule has 4 heteroatoms. The molecule has 0 aromatic carbocycles. The largest absolute Gasteiger partial charge is 0.342 e. The van der Waals surface area contributed by atoms with Gasteiger partial charge in [0.15, 0.2) is 0 Å². The van der Waals surface area contributed by atoms with E-state index >= 15 is 0 Å². The summed E-state index contributed by atoms with van der Waals surface area (Å²) >= 11 is 0. The highest BCUT2D eigenvalue weighted by Gasteiger charge is 2.37. The van der Waals surface area contributed by atoms with Crippen molar-refractivity contribution in [2.75, 3.05) is 0 Å². The molecule has 2 N–H and O–H groups in total. The van der Waals surface area contributed by atoms with Gasteiger partial charge in [0.25, 0.3) is 0 Å². The molecule has 0 spiro atoms. The molecule has 0 radical (unpaired) electrons. The molecule has 1 aliphatic heterocycles. The maximum atomic E-state index is 11.8. The van der Waals surface area contributed by atoms with Crippen LogP contribution in [0.2, 0.25) is 0 Å². The van der Waals surface area contributed by atoms with Crippen molar-refractivity contribution >= 4 is 11.8 Å². The summed E-state index contributed by atoms with van der Waals surface area (Å²) in [5.41, 5.74) is 0. The maximum absolute atomic E-state index is 11.8. The molecule has 0 aromatic rings. The minimum Gasteiger partial charge on any atom is -0.342 e. The zero-order valence-corrected chi connectivity index (χ0v) is 10.5. The average molecular weight is 226 g/mol. The Labute approximate surface area is 97.2 Å². The molecule has 1 rings (SSSR count). The van der Waals surface area contributed by atoms with Crippen LogP contribution >= 0.6 is 0 Å². The fourth-order valence-electron chi connectivity index (χ4n) is 1.89. The molecule has 4 unspecified atom stereocenters. The lowest BCUT2D eigenvalue weighted by Gasteiger charge is -2.34. The van der Waals surface area contributed by atoms with Crippen LogP contribution in [0.1, 0.15) is 40.5 Å². The Balaban J connectivity index is 2.71. The van der Waals surface area contributed by atoms with Crippen LogP contribution < -0.4 is 10.6 Å². The van der Waals surface area contributed by atoms with E-state index < -0.39 is 0 Å². The average Bonchev–Trinajstić information content (AvgIpc) is 2.29. The van der Waals surface area contributed by atoms with E-state index in [1.165, 1.54) is 0 Å². The van der Waals surface area contributed by atoms with Gasteiger partial charge in [-0.25, -0.2) is 0 Å². The Morgan fingerprint density at radius 3 is 1.50 bits per heavy atom. The SMILES string of the molecule is CCC(C)C1NC(=O)C(C(C)CC)NC1=O. The molecule has 1 saturated heterocycles. The lowest BCUT2D eigenvalue weighted by atomic mass is 9.91. The second-order valence-corrected chi connectivity index (χ2v) is 4.74. The van der Waals surface area contributed by atoms with Crippen molar-refractivity contribution < 1.29 is 9.59 Å². The summed E-state index contributed by atoms with van der Waals surface area (Å²) < 4.78 is 0. The van der Waals surface area contributed by atoms with Crippen LogP contribution in [0.5, 0.6) is 0 Å². The molecule has 2 amide bonds. The number of piperazine rings is 1. The number of amides is 2. The van der Waals surface area contributed by atoms with Crippen LogP contribution in [0.4, 0.5) is 0 Å². The van der Waals surface area contributed by atoms with E-state index in [4.69, 9.17) is 0 Å². The molecule has 16 heavy (non-hydrogen) atoms. The van der Waals surface area contributed by atoms with Gasteiger partial charge in [0.05, 0.1) is 0 Å². The van der Waals surface area contributed by atoms with Crippen LogP contribution in [0, 0.1) is 11.8 Å². The van der Waals surface area contributed by atoms with Gasteiger partial charge in [-0.15, -0.1) is 0 Å². The molecule has 1 fully saturated rings. The molecule has 0 saturated carbocycles. The number of carbonyl (C=O) groups is 2. The summed E-state index contributed by atoms with van der Waals surface area (Å²) in [6.45, 7) is 8.00. The van der Waals surface area contributed by atoms with Gasteiger partial charge in [-0.2, -0.15) is 0 Å². The van der Waals surface area contributed by atoms with Gasteiger partial charge in [0.1, 0.15) is 12.1 Å². The Bertz CT molecular complexity index is 250. The predicted octanol–water partition coefficient (Wildman–Crippen LogP) is 1.06. The first-order valence-corrected chi connectivity index (χ1v) is 6.12. The van der Waals surface area contributed by atoms with Crippen molar-refractivity contribution in [2.45, 2.75) is 52.6 Å². The highest BCUT2D eigenvalue weighted by molar-refractivity contribution is 5.97. The van der Waals surface area contributed by atoms with Gasteiger partial charge in [0, 0.05) is 0 Å². The number of hydrogen-bond donors (Lipinski definition) is 2. The molecule has 0 bridgehead atoms. The molecular weight excluding hydrogens is 204 g/mol. The van der Waals surface area contributed by atoms with Gasteiger partial charge in [-0.05, 0) is 11.8 Å². The maximum Gasteiger partial charge on any atom is 0.243 e. The third-order valence-corrected chi connectivity index (χ3v) is 3.59. The number of rotatable bonds is 4. The zero-order valence-electron chi connectivity index (χ0n) is 10.5. The number of nitrogens with one attached hydrogen (secondary N) is 2. The molecule has 4 atom stereocenters. The second kappa shape index (κ2) is 5.32. The Kier molecular flexibility index (Phi) is 4.33. The minimum absolute atomic E-state index is 0.0424. The summed E-state index contributed by atoms with van der Waals surface area (Å²) in [6, 6.07) is -0.726. The van der Waals surface area contributed by atoms with Crippen LogP contribution in [0.3, 0.4) is 0 Å². The fourth-order valence-corrected chi connectivity index (χ4v) is 1.89. The van der Waals surface area contributed by atoms with E-state index in [2.05, 4.69) is 10.6 Å². The molecule has 92 valence electrons. The Hall–Kier alpha value is -1.06. The topological polar surface area (TPSA) is 58.2 Å². The fraction of sp³-hybridized carbons (Fsp3) is 0.833. The van der Waals surface area contributed by atoms with Crippen molar-refractivity contribution in [2.24, 2.45) is 11.8 Å². The monoisotopic (exact) mass is 226 g/mol. The summed E-state index contributed by atoms with van der Waals surface area (Å²) in [5.74, 6) is 0.280. The van der Waals surface area contributed by atoms with Gasteiger partial charge in [-0.3, -0.25) is 9.59 Å². The van der Waals surface area contributed by atoms with E-state index in [1.54, 1.807) is 0 Å². The van der Waals surface area contributed by atoms with Crippen molar-refractivity contribution in [1.82, 2.24) is 10.6 Å². The van der Waals surface area contributed by atoms with Crippen LogP contribution in [0.25, 0.3) is 0 Å². The predicted molar refractivity (Wildman–Crippen MR) is 62.8 cm³/mol. The van der Waals surface area contributed by atoms with Crippen molar-refractivity contribution in [1.29, 1.82) is 0 Å². The second-order valence-electron chi connectivity index (χ2n) is 4.74. The first-order valence-electron chi connectivity index (χ1n) is 6.12. The number of carbonyl (C=O) groups excluding carboxylic acids is 2. The highest BCUT2D eigenvalue weighted by Crippen LogP contribution is 2.16. The third-order valence-electron chi connectivity index (χ3n) is 3.59. The standard InChI is InChI=1S/C12H22N2O2/c1-5-7(3)9-11(15)14-10(8(4)6-2)12(16)13-9/h7-10H,5-6H2,1-4H3,(H,13,16)(H,14,15). The third kappa shape index (κ3) is 2.54. The summed E-state index contributed by atoms with van der Waals surface area (Å²) in [4.78, 5) is 23.7. The lowest BCUT2D eigenvalue weighted by molar-refractivity contribution is -0.139. The van der Waals surface area contributed by atoms with Gasteiger partial charge < -0.3 is 10.6 Å². The van der Waals surface area contributed by atoms with E-state index in [-0.39, 0.29) is 35.7 Å². The first kappa shape index (κ1) is 13.0. The Morgan fingerprint density at radius 1 is 0.938 bits per heavy atom. The van der Waals surface area contributed by atoms with Crippen molar-refractivity contribution in [3.05, 3.63) is 0 Å². The summed E-state index contributed by atoms with van der Waals surface area (Å²) in [6.07, 6.45) is 1.76. The summed E-state index contributed by atoms with van der Waals surface area (Å²) in [7, 11) is 0. The summed E-state index contributed by atoms with van der Waals surface area (Å²) in [5, 5.41) is 5.66. The zero-order chi connectivity index (χ0) is 12.3. The van der Waals surface area contributed by atoms with Crippen LogP contribution in [-0.4, -0.2) is 23.9 Å². The van der Waals surface area contributed by atoms with Crippen LogP contribution in [-0.2, 0) is 9.59 Å². The minimum atomic E-state index is -0.363. The first-order chi connectivity index (χ1) is 7.51. The molecule has 1 heterocycles. The van der Waals surface area contributed by atoms with Crippen molar-refractivity contribution in [3.63, 3.8) is 0 Å².